The molecule has 0 bridgehead atoms. The standard InChI is InChI=1S/C20H22ClN3O2S/c1-2-24-19(12-14-22-24)16-23(15-13-17-6-4-3-5-7-17)27(25,26)20-10-8-18(21)9-11-20/h3-12,14H,2,13,15-16H2,1H3. The number of aromatic nitrogens is 2. The third-order valence-electron chi connectivity index (χ3n) is 4.39. The molecule has 2 aromatic carbocycles. The molecule has 0 aliphatic carbocycles. The number of benzene rings is 2. The van der Waals surface area contributed by atoms with Crippen LogP contribution in [0, 0.1) is 0 Å². The van der Waals surface area contributed by atoms with Crippen LogP contribution in [0.2, 0.25) is 5.02 Å². The number of sulfonamides is 1. The van der Waals surface area contributed by atoms with Crippen LogP contribution in [0.5, 0.6) is 0 Å². The number of nitrogens with zero attached hydrogens (tertiary/aromatic N) is 3. The summed E-state index contributed by atoms with van der Waals surface area (Å²) < 4.78 is 29.8. The molecule has 0 aliphatic rings. The molecule has 0 spiro atoms. The molecule has 5 nitrogen and oxygen atoms in total. The summed E-state index contributed by atoms with van der Waals surface area (Å²) in [6.07, 6.45) is 2.33. The molecule has 0 unspecified atom stereocenters. The molecule has 3 rings (SSSR count). The van der Waals surface area contributed by atoms with Crippen LogP contribution < -0.4 is 0 Å². The molecule has 0 radical (unpaired) electrons. The van der Waals surface area contributed by atoms with Gasteiger partial charge in [-0.3, -0.25) is 4.68 Å². The average molecular weight is 404 g/mol. The van der Waals surface area contributed by atoms with Crippen molar-refractivity contribution in [2.24, 2.45) is 0 Å². The van der Waals surface area contributed by atoms with Gasteiger partial charge in [-0.25, -0.2) is 8.42 Å². The van der Waals surface area contributed by atoms with Crippen molar-refractivity contribution in [3.8, 4) is 0 Å². The van der Waals surface area contributed by atoms with Crippen molar-refractivity contribution in [1.29, 1.82) is 0 Å². The van der Waals surface area contributed by atoms with E-state index in [0.717, 1.165) is 11.3 Å². The van der Waals surface area contributed by atoms with E-state index in [1.54, 1.807) is 30.5 Å². The van der Waals surface area contributed by atoms with E-state index >= 15 is 0 Å². The topological polar surface area (TPSA) is 55.2 Å². The Hall–Kier alpha value is -2.15. The molecule has 3 aromatic rings. The average Bonchev–Trinajstić information content (AvgIpc) is 3.13. The molecule has 0 amide bonds. The lowest BCUT2D eigenvalue weighted by atomic mass is 10.1. The Morgan fingerprint density at radius 3 is 2.41 bits per heavy atom. The lowest BCUT2D eigenvalue weighted by Crippen LogP contribution is -2.33. The Kier molecular flexibility index (Phi) is 6.31. The third-order valence-corrected chi connectivity index (χ3v) is 6.50. The Bertz CT molecular complexity index is 970. The van der Waals surface area contributed by atoms with Gasteiger partial charge in [0.2, 0.25) is 10.0 Å². The molecular formula is C20H22ClN3O2S. The first kappa shape index (κ1) is 19.6. The Morgan fingerprint density at radius 2 is 1.74 bits per heavy atom. The van der Waals surface area contributed by atoms with Gasteiger partial charge in [-0.1, -0.05) is 41.9 Å². The summed E-state index contributed by atoms with van der Waals surface area (Å²) in [7, 11) is -3.66. The summed E-state index contributed by atoms with van der Waals surface area (Å²) in [5, 5.41) is 4.76. The van der Waals surface area contributed by atoms with Crippen molar-refractivity contribution >= 4 is 21.6 Å². The van der Waals surface area contributed by atoms with Crippen molar-refractivity contribution in [3.63, 3.8) is 0 Å². The molecule has 0 N–H and O–H groups in total. The summed E-state index contributed by atoms with van der Waals surface area (Å²) in [5.74, 6) is 0. The SMILES string of the molecule is CCn1nccc1CN(CCc1ccccc1)S(=O)(=O)c1ccc(Cl)cc1. The molecule has 27 heavy (non-hydrogen) atoms. The summed E-state index contributed by atoms with van der Waals surface area (Å²) in [6.45, 7) is 3.32. The Balaban J connectivity index is 1.89. The van der Waals surface area contributed by atoms with E-state index < -0.39 is 10.0 Å². The fourth-order valence-corrected chi connectivity index (χ4v) is 4.44. The summed E-state index contributed by atoms with van der Waals surface area (Å²) >= 11 is 5.92. The summed E-state index contributed by atoms with van der Waals surface area (Å²) in [4.78, 5) is 0.238. The van der Waals surface area contributed by atoms with Crippen LogP contribution in [-0.4, -0.2) is 29.0 Å². The van der Waals surface area contributed by atoms with E-state index in [-0.39, 0.29) is 11.4 Å². The number of aryl methyl sites for hydroxylation is 1. The van der Waals surface area contributed by atoms with Gasteiger partial charge in [-0.2, -0.15) is 9.40 Å². The van der Waals surface area contributed by atoms with Crippen LogP contribution in [0.25, 0.3) is 0 Å². The lowest BCUT2D eigenvalue weighted by molar-refractivity contribution is 0.394. The minimum atomic E-state index is -3.66. The predicted octanol–water partition coefficient (Wildman–Crippen LogP) is 3.99. The molecule has 0 saturated heterocycles. The minimum Gasteiger partial charge on any atom is -0.269 e. The van der Waals surface area contributed by atoms with Gasteiger partial charge in [0.15, 0.2) is 0 Å². The molecule has 1 heterocycles. The second-order valence-corrected chi connectivity index (χ2v) is 8.54. The zero-order valence-corrected chi connectivity index (χ0v) is 16.7. The molecule has 0 fully saturated rings. The van der Waals surface area contributed by atoms with E-state index in [4.69, 9.17) is 11.6 Å². The van der Waals surface area contributed by atoms with E-state index in [1.807, 2.05) is 48.0 Å². The van der Waals surface area contributed by atoms with Crippen LogP contribution in [0.1, 0.15) is 18.2 Å². The highest BCUT2D eigenvalue weighted by molar-refractivity contribution is 7.89. The van der Waals surface area contributed by atoms with Gasteiger partial charge in [0.05, 0.1) is 17.1 Å². The van der Waals surface area contributed by atoms with Gasteiger partial charge >= 0.3 is 0 Å². The maximum absolute atomic E-state index is 13.2. The highest BCUT2D eigenvalue weighted by atomic mass is 35.5. The lowest BCUT2D eigenvalue weighted by Gasteiger charge is -2.23. The number of rotatable bonds is 8. The zero-order valence-electron chi connectivity index (χ0n) is 15.1. The number of hydrogen-bond donors (Lipinski definition) is 0. The van der Waals surface area contributed by atoms with Crippen LogP contribution in [0.3, 0.4) is 0 Å². The van der Waals surface area contributed by atoms with Crippen LogP contribution in [0.15, 0.2) is 71.8 Å². The van der Waals surface area contributed by atoms with Crippen molar-refractivity contribution < 1.29 is 8.42 Å². The van der Waals surface area contributed by atoms with Gasteiger partial charge in [-0.15, -0.1) is 0 Å². The molecule has 142 valence electrons. The van der Waals surface area contributed by atoms with Gasteiger partial charge < -0.3 is 0 Å². The normalized spacial score (nSPS) is 11.8. The Morgan fingerprint density at radius 1 is 1.04 bits per heavy atom. The number of halogens is 1. The fourth-order valence-electron chi connectivity index (χ4n) is 2.90. The first-order chi connectivity index (χ1) is 13.0. The van der Waals surface area contributed by atoms with Gasteiger partial charge in [0.1, 0.15) is 0 Å². The summed E-state index contributed by atoms with van der Waals surface area (Å²) in [5.41, 5.74) is 1.96. The monoisotopic (exact) mass is 403 g/mol. The molecular weight excluding hydrogens is 382 g/mol. The van der Waals surface area contributed by atoms with Crippen LogP contribution in [0.4, 0.5) is 0 Å². The van der Waals surface area contributed by atoms with Crippen LogP contribution in [-0.2, 0) is 29.5 Å². The fraction of sp³-hybridized carbons (Fsp3) is 0.250. The smallest absolute Gasteiger partial charge is 0.243 e. The maximum atomic E-state index is 13.2. The Labute approximate surface area is 165 Å². The molecule has 0 saturated carbocycles. The van der Waals surface area contributed by atoms with Gasteiger partial charge in [0.25, 0.3) is 0 Å². The minimum absolute atomic E-state index is 0.238. The van der Waals surface area contributed by atoms with Crippen molar-refractivity contribution in [3.05, 3.63) is 83.1 Å². The summed E-state index contributed by atoms with van der Waals surface area (Å²) in [6, 6.07) is 18.0. The second kappa shape index (κ2) is 8.69. The van der Waals surface area contributed by atoms with Crippen molar-refractivity contribution in [1.82, 2.24) is 14.1 Å². The zero-order chi connectivity index (χ0) is 19.3. The first-order valence-electron chi connectivity index (χ1n) is 8.81. The van der Waals surface area contributed by atoms with Crippen LogP contribution >= 0.6 is 11.6 Å². The van der Waals surface area contributed by atoms with Crippen molar-refractivity contribution in [2.75, 3.05) is 6.54 Å². The van der Waals surface area contributed by atoms with E-state index in [0.29, 0.717) is 24.5 Å². The van der Waals surface area contributed by atoms with E-state index in [1.165, 1.54) is 4.31 Å². The van der Waals surface area contributed by atoms with Crippen molar-refractivity contribution in [2.45, 2.75) is 31.3 Å². The third kappa shape index (κ3) is 4.77. The predicted molar refractivity (Wildman–Crippen MR) is 107 cm³/mol. The molecule has 0 atom stereocenters. The number of hydrogen-bond acceptors (Lipinski definition) is 3. The van der Waals surface area contributed by atoms with E-state index in [2.05, 4.69) is 5.10 Å². The highest BCUT2D eigenvalue weighted by Crippen LogP contribution is 2.21. The second-order valence-electron chi connectivity index (χ2n) is 6.17. The highest BCUT2D eigenvalue weighted by Gasteiger charge is 2.25. The maximum Gasteiger partial charge on any atom is 0.243 e. The van der Waals surface area contributed by atoms with E-state index in [9.17, 15) is 8.42 Å². The first-order valence-corrected chi connectivity index (χ1v) is 10.6. The molecule has 1 aromatic heterocycles. The largest absolute Gasteiger partial charge is 0.269 e. The molecule has 0 aliphatic heterocycles. The molecule has 7 heteroatoms. The van der Waals surface area contributed by atoms with Gasteiger partial charge in [-0.05, 0) is 49.2 Å². The quantitative estimate of drug-likeness (QED) is 0.571. The van der Waals surface area contributed by atoms with Gasteiger partial charge in [0, 0.05) is 24.3 Å².